The molecule has 0 aliphatic heterocycles. The normalized spacial score (nSPS) is 10.1. The Labute approximate surface area is 115 Å². The highest BCUT2D eigenvalue weighted by Gasteiger charge is 2.17. The van der Waals surface area contributed by atoms with Gasteiger partial charge in [0.15, 0.2) is 10.8 Å². The fraction of sp³-hybridized carbons (Fsp3) is 0.143. The standard InChI is InChI=1S/C14H14N2O2S/c1-3-7-16(8-4-2)14(17)11-10-19-13(15-11)12-6-5-9-18-12/h3-6,9-10H,1-2,7-8H2. The lowest BCUT2D eigenvalue weighted by atomic mass is 10.3. The summed E-state index contributed by atoms with van der Waals surface area (Å²) in [6.07, 6.45) is 4.95. The second kappa shape index (κ2) is 6.15. The largest absolute Gasteiger partial charge is 0.462 e. The first-order valence-electron chi connectivity index (χ1n) is 5.76. The zero-order chi connectivity index (χ0) is 13.7. The van der Waals surface area contributed by atoms with E-state index in [1.165, 1.54) is 11.3 Å². The van der Waals surface area contributed by atoms with E-state index in [1.54, 1.807) is 34.8 Å². The van der Waals surface area contributed by atoms with Crippen molar-refractivity contribution in [2.75, 3.05) is 13.1 Å². The number of aromatic nitrogens is 1. The van der Waals surface area contributed by atoms with Gasteiger partial charge in [-0.1, -0.05) is 12.2 Å². The summed E-state index contributed by atoms with van der Waals surface area (Å²) in [5.74, 6) is 0.539. The van der Waals surface area contributed by atoms with Crippen molar-refractivity contribution >= 4 is 17.2 Å². The number of nitrogens with zero attached hydrogens (tertiary/aromatic N) is 2. The summed E-state index contributed by atoms with van der Waals surface area (Å²) in [5, 5.41) is 2.44. The lowest BCUT2D eigenvalue weighted by molar-refractivity contribution is 0.0786. The molecule has 0 aliphatic rings. The van der Waals surface area contributed by atoms with E-state index in [1.807, 2.05) is 6.07 Å². The van der Waals surface area contributed by atoms with E-state index in [-0.39, 0.29) is 5.91 Å². The molecule has 0 aliphatic carbocycles. The molecule has 0 saturated carbocycles. The smallest absolute Gasteiger partial charge is 0.273 e. The van der Waals surface area contributed by atoms with Crippen LogP contribution in [0.4, 0.5) is 0 Å². The summed E-state index contributed by atoms with van der Waals surface area (Å²) in [6, 6.07) is 3.61. The minimum absolute atomic E-state index is 0.131. The Balaban J connectivity index is 2.19. The lowest BCUT2D eigenvalue weighted by Crippen LogP contribution is -2.31. The van der Waals surface area contributed by atoms with Gasteiger partial charge in [-0.25, -0.2) is 4.98 Å². The second-order valence-corrected chi connectivity index (χ2v) is 4.66. The third kappa shape index (κ3) is 3.00. The minimum atomic E-state index is -0.131. The van der Waals surface area contributed by atoms with Crippen LogP contribution in [0.2, 0.25) is 0 Å². The Bertz CT molecular complexity index is 562. The van der Waals surface area contributed by atoms with Crippen LogP contribution in [-0.2, 0) is 0 Å². The minimum Gasteiger partial charge on any atom is -0.462 e. The monoisotopic (exact) mass is 274 g/mol. The maximum Gasteiger partial charge on any atom is 0.273 e. The molecule has 0 aromatic carbocycles. The van der Waals surface area contributed by atoms with E-state index < -0.39 is 0 Å². The first kappa shape index (κ1) is 13.3. The number of thiazole rings is 1. The predicted molar refractivity (Wildman–Crippen MR) is 76.1 cm³/mol. The molecule has 0 N–H and O–H groups in total. The Morgan fingerprint density at radius 3 is 2.74 bits per heavy atom. The van der Waals surface area contributed by atoms with Crippen molar-refractivity contribution in [2.24, 2.45) is 0 Å². The highest BCUT2D eigenvalue weighted by Crippen LogP contribution is 2.24. The first-order valence-corrected chi connectivity index (χ1v) is 6.64. The number of rotatable bonds is 6. The Kier molecular flexibility index (Phi) is 4.30. The molecule has 5 heteroatoms. The predicted octanol–water partition coefficient (Wildman–Crippen LogP) is 3.22. The summed E-state index contributed by atoms with van der Waals surface area (Å²) < 4.78 is 5.26. The van der Waals surface area contributed by atoms with E-state index in [4.69, 9.17) is 4.42 Å². The molecule has 2 heterocycles. The van der Waals surface area contributed by atoms with Crippen LogP contribution in [-0.4, -0.2) is 28.9 Å². The quantitative estimate of drug-likeness (QED) is 0.760. The van der Waals surface area contributed by atoms with E-state index in [0.29, 0.717) is 29.6 Å². The van der Waals surface area contributed by atoms with Gasteiger partial charge in [-0.05, 0) is 12.1 Å². The topological polar surface area (TPSA) is 46.3 Å². The van der Waals surface area contributed by atoms with Gasteiger partial charge in [0.2, 0.25) is 0 Å². The zero-order valence-corrected chi connectivity index (χ0v) is 11.2. The van der Waals surface area contributed by atoms with Crippen LogP contribution in [0, 0.1) is 0 Å². The third-order valence-corrected chi connectivity index (χ3v) is 3.30. The maximum absolute atomic E-state index is 12.3. The van der Waals surface area contributed by atoms with E-state index in [9.17, 15) is 4.79 Å². The highest BCUT2D eigenvalue weighted by atomic mass is 32.1. The van der Waals surface area contributed by atoms with Crippen molar-refractivity contribution in [3.05, 3.63) is 54.8 Å². The second-order valence-electron chi connectivity index (χ2n) is 3.80. The average Bonchev–Trinajstić information content (AvgIpc) is 3.08. The first-order chi connectivity index (χ1) is 9.26. The van der Waals surface area contributed by atoms with Gasteiger partial charge in [-0.15, -0.1) is 24.5 Å². The van der Waals surface area contributed by atoms with Crippen LogP contribution < -0.4 is 0 Å². The number of carbonyl (C=O) groups is 1. The molecule has 0 radical (unpaired) electrons. The molecule has 19 heavy (non-hydrogen) atoms. The van der Waals surface area contributed by atoms with Crippen molar-refractivity contribution < 1.29 is 9.21 Å². The molecule has 0 fully saturated rings. The third-order valence-electron chi connectivity index (χ3n) is 2.44. The average molecular weight is 274 g/mol. The summed E-state index contributed by atoms with van der Waals surface area (Å²) in [5.41, 5.74) is 0.417. The molecule has 2 aromatic rings. The SMILES string of the molecule is C=CCN(CC=C)C(=O)c1csc(-c2ccco2)n1. The maximum atomic E-state index is 12.3. The van der Waals surface area contributed by atoms with Crippen LogP contribution in [0.3, 0.4) is 0 Å². The fourth-order valence-electron chi connectivity index (χ4n) is 1.60. The molecule has 2 rings (SSSR count). The lowest BCUT2D eigenvalue weighted by Gasteiger charge is -2.17. The van der Waals surface area contributed by atoms with Gasteiger partial charge in [0.1, 0.15) is 5.69 Å². The van der Waals surface area contributed by atoms with Crippen LogP contribution >= 0.6 is 11.3 Å². The Morgan fingerprint density at radius 1 is 1.42 bits per heavy atom. The van der Waals surface area contributed by atoms with Crippen molar-refractivity contribution in [3.63, 3.8) is 0 Å². The van der Waals surface area contributed by atoms with Gasteiger partial charge in [0.25, 0.3) is 5.91 Å². The van der Waals surface area contributed by atoms with Gasteiger partial charge in [-0.3, -0.25) is 4.79 Å². The zero-order valence-electron chi connectivity index (χ0n) is 10.4. The molecule has 0 bridgehead atoms. The van der Waals surface area contributed by atoms with E-state index in [2.05, 4.69) is 18.1 Å². The molecule has 0 saturated heterocycles. The van der Waals surface area contributed by atoms with Gasteiger partial charge in [-0.2, -0.15) is 0 Å². The van der Waals surface area contributed by atoms with Crippen LogP contribution in [0.1, 0.15) is 10.5 Å². The molecule has 4 nitrogen and oxygen atoms in total. The Hall–Kier alpha value is -2.14. The van der Waals surface area contributed by atoms with Gasteiger partial charge < -0.3 is 9.32 Å². The van der Waals surface area contributed by atoms with Crippen molar-refractivity contribution in [1.82, 2.24) is 9.88 Å². The number of hydrogen-bond donors (Lipinski definition) is 0. The van der Waals surface area contributed by atoms with E-state index in [0.717, 1.165) is 0 Å². The Morgan fingerprint density at radius 2 is 2.16 bits per heavy atom. The number of carbonyl (C=O) groups excluding carboxylic acids is 1. The summed E-state index contributed by atoms with van der Waals surface area (Å²) >= 11 is 1.39. The molecular formula is C14H14N2O2S. The highest BCUT2D eigenvalue weighted by molar-refractivity contribution is 7.13. The number of hydrogen-bond acceptors (Lipinski definition) is 4. The summed E-state index contributed by atoms with van der Waals surface area (Å²) in [6.45, 7) is 8.23. The summed E-state index contributed by atoms with van der Waals surface area (Å²) in [7, 11) is 0. The molecule has 1 amide bonds. The van der Waals surface area contributed by atoms with Gasteiger partial charge in [0, 0.05) is 18.5 Å². The van der Waals surface area contributed by atoms with Crippen molar-refractivity contribution in [2.45, 2.75) is 0 Å². The van der Waals surface area contributed by atoms with Gasteiger partial charge in [0.05, 0.1) is 6.26 Å². The van der Waals surface area contributed by atoms with Crippen molar-refractivity contribution in [3.8, 4) is 10.8 Å². The molecule has 0 atom stereocenters. The molecule has 0 spiro atoms. The number of amides is 1. The molecule has 2 aromatic heterocycles. The summed E-state index contributed by atoms with van der Waals surface area (Å²) in [4.78, 5) is 18.2. The van der Waals surface area contributed by atoms with Crippen LogP contribution in [0.25, 0.3) is 10.8 Å². The molecule has 98 valence electrons. The van der Waals surface area contributed by atoms with Gasteiger partial charge >= 0.3 is 0 Å². The molecular weight excluding hydrogens is 260 g/mol. The fourth-order valence-corrected chi connectivity index (χ4v) is 2.36. The van der Waals surface area contributed by atoms with Crippen LogP contribution in [0.15, 0.2) is 53.5 Å². The number of furan rings is 1. The van der Waals surface area contributed by atoms with Crippen LogP contribution in [0.5, 0.6) is 0 Å². The van der Waals surface area contributed by atoms with Crippen molar-refractivity contribution in [1.29, 1.82) is 0 Å². The molecule has 0 unspecified atom stereocenters. The van der Waals surface area contributed by atoms with E-state index >= 15 is 0 Å².